The monoisotopic (exact) mass is 435 g/mol. The Morgan fingerprint density at radius 2 is 1.93 bits per heavy atom. The Balaban J connectivity index is 1.70. The van der Waals surface area contributed by atoms with Gasteiger partial charge in [-0.05, 0) is 61.6 Å². The number of hydrogen-bond donors (Lipinski definition) is 2. The molecule has 0 saturated carbocycles. The first kappa shape index (κ1) is 23.0. The van der Waals surface area contributed by atoms with Gasteiger partial charge in [-0.15, -0.1) is 0 Å². The van der Waals surface area contributed by atoms with Crippen molar-refractivity contribution >= 4 is 29.9 Å². The Morgan fingerprint density at radius 3 is 2.53 bits per heavy atom. The number of anilines is 1. The summed E-state index contributed by atoms with van der Waals surface area (Å²) in [6.45, 7) is 12.5. The lowest BCUT2D eigenvalue weighted by molar-refractivity contribution is -0.141. The second-order valence-electron chi connectivity index (χ2n) is 9.17. The molecule has 0 bridgehead atoms. The molecule has 1 unspecified atom stereocenters. The number of hydrogen-bond acceptors (Lipinski definition) is 5. The fourth-order valence-electron chi connectivity index (χ4n) is 4.89. The second kappa shape index (κ2) is 9.67. The average Bonchev–Trinajstić information content (AvgIpc) is 2.75. The van der Waals surface area contributed by atoms with Crippen LogP contribution < -0.4 is 5.43 Å². The van der Waals surface area contributed by atoms with E-state index in [0.717, 1.165) is 55.6 Å². The van der Waals surface area contributed by atoms with Gasteiger partial charge < -0.3 is 14.7 Å². The lowest BCUT2D eigenvalue weighted by atomic mass is 9.68. The number of aliphatic hydroxyl groups excluding tert-OH is 1. The van der Waals surface area contributed by atoms with Gasteiger partial charge in [0.2, 0.25) is 5.91 Å². The van der Waals surface area contributed by atoms with Gasteiger partial charge >= 0.3 is 0 Å². The molecular weight excluding hydrogens is 402 g/mol. The Kier molecular flexibility index (Phi) is 7.43. The maximum absolute atomic E-state index is 12.8. The summed E-state index contributed by atoms with van der Waals surface area (Å²) in [7, 11) is 0. The van der Waals surface area contributed by atoms with Crippen molar-refractivity contribution in [3.05, 3.63) is 28.3 Å². The van der Waals surface area contributed by atoms with E-state index in [1.54, 1.807) is 6.07 Å². The van der Waals surface area contributed by atoms with Gasteiger partial charge in [0.15, 0.2) is 0 Å². The number of nitrogens with one attached hydrogen (secondary N) is 1. The fraction of sp³-hybridized carbons (Fsp3) is 0.652. The van der Waals surface area contributed by atoms with Gasteiger partial charge in [0, 0.05) is 49.5 Å². The predicted octanol–water partition coefficient (Wildman–Crippen LogP) is 4.40. The first-order valence-electron chi connectivity index (χ1n) is 10.8. The highest BCUT2D eigenvalue weighted by Gasteiger charge is 2.41. The molecule has 2 aliphatic heterocycles. The van der Waals surface area contributed by atoms with E-state index >= 15 is 0 Å². The van der Waals surface area contributed by atoms with Crippen molar-refractivity contribution in [2.75, 3.05) is 31.7 Å². The Hall–Kier alpha value is -1.63. The van der Waals surface area contributed by atoms with Gasteiger partial charge in [0.25, 0.3) is 0 Å². The van der Waals surface area contributed by atoms with E-state index in [9.17, 15) is 9.90 Å². The highest BCUT2D eigenvalue weighted by molar-refractivity contribution is 6.30. The molecule has 2 N–H and O–H groups in total. The average molecular weight is 436 g/mol. The third-order valence-electron chi connectivity index (χ3n) is 6.95. The van der Waals surface area contributed by atoms with Gasteiger partial charge in [-0.3, -0.25) is 10.2 Å². The number of ether oxygens (including phenoxy) is 1. The van der Waals surface area contributed by atoms with Gasteiger partial charge in [-0.2, -0.15) is 5.10 Å². The number of aryl methyl sites for hydroxylation is 1. The Labute approximate surface area is 184 Å². The summed E-state index contributed by atoms with van der Waals surface area (Å²) in [4.78, 5) is 14.8. The molecule has 7 heteroatoms. The minimum absolute atomic E-state index is 0.100. The number of carbonyl (C=O) groups excluding carboxylic acids is 1. The highest BCUT2D eigenvalue weighted by atomic mass is 35.5. The molecule has 2 heterocycles. The molecule has 2 saturated heterocycles. The van der Waals surface area contributed by atoms with Crippen LogP contribution in [0.3, 0.4) is 0 Å². The Bertz CT molecular complexity index is 769. The zero-order valence-corrected chi connectivity index (χ0v) is 19.0. The van der Waals surface area contributed by atoms with Crippen LogP contribution in [0.1, 0.15) is 56.8 Å². The molecule has 166 valence electrons. The maximum Gasteiger partial charge on any atom is 0.225 e. The van der Waals surface area contributed by atoms with E-state index < -0.39 is 6.10 Å². The minimum Gasteiger partial charge on any atom is -0.388 e. The normalized spacial score (nSPS) is 20.1. The third-order valence-corrected chi connectivity index (χ3v) is 7.17. The van der Waals surface area contributed by atoms with Crippen LogP contribution in [0.15, 0.2) is 17.2 Å². The molecule has 1 aromatic rings. The number of aliphatic hydroxyl groups is 1. The molecule has 3 rings (SSSR count). The summed E-state index contributed by atoms with van der Waals surface area (Å²) >= 11 is 6.29. The number of hydrazone groups is 1. The molecule has 2 aliphatic rings. The number of carbonyl (C=O) groups is 1. The van der Waals surface area contributed by atoms with Crippen LogP contribution >= 0.6 is 11.6 Å². The Morgan fingerprint density at radius 1 is 1.30 bits per heavy atom. The van der Waals surface area contributed by atoms with E-state index in [2.05, 4.69) is 31.1 Å². The summed E-state index contributed by atoms with van der Waals surface area (Å²) in [5.74, 6) is 0.655. The zero-order valence-electron chi connectivity index (χ0n) is 18.3. The van der Waals surface area contributed by atoms with Crippen molar-refractivity contribution < 1.29 is 14.6 Å². The molecule has 1 aromatic carbocycles. The molecular formula is C23H34ClN3O3. The first-order valence-corrected chi connectivity index (χ1v) is 11.2. The molecule has 0 radical (unpaired) electrons. The van der Waals surface area contributed by atoms with E-state index in [0.29, 0.717) is 18.2 Å². The summed E-state index contributed by atoms with van der Waals surface area (Å²) < 4.78 is 5.39. The van der Waals surface area contributed by atoms with Crippen LogP contribution in [0, 0.1) is 24.2 Å². The number of nitrogens with zero attached hydrogens (tertiary/aromatic N) is 2. The number of rotatable bonds is 6. The van der Waals surface area contributed by atoms with Crippen LogP contribution in [0.4, 0.5) is 5.69 Å². The molecule has 0 aliphatic carbocycles. The number of halogens is 1. The zero-order chi connectivity index (χ0) is 21.9. The lowest BCUT2D eigenvalue weighted by Crippen LogP contribution is -2.46. The number of piperidine rings is 1. The second-order valence-corrected chi connectivity index (χ2v) is 9.60. The lowest BCUT2D eigenvalue weighted by Gasteiger charge is -2.44. The van der Waals surface area contributed by atoms with Gasteiger partial charge in [-0.25, -0.2) is 0 Å². The van der Waals surface area contributed by atoms with Crippen molar-refractivity contribution in [1.82, 2.24) is 4.90 Å². The largest absolute Gasteiger partial charge is 0.388 e. The van der Waals surface area contributed by atoms with Crippen LogP contribution in [-0.4, -0.2) is 48.9 Å². The molecule has 0 spiro atoms. The van der Waals surface area contributed by atoms with Gasteiger partial charge in [-0.1, -0.05) is 25.4 Å². The smallest absolute Gasteiger partial charge is 0.225 e. The molecule has 6 nitrogen and oxygen atoms in total. The standard InChI is InChI=1S/C23H34ClN3O3/c1-15-13-18(24)14-19(20(15)26-25-4)21(28)23(2,3)17-5-9-27(10-6-17)22(29)16-7-11-30-12-8-16/h13-14,16-17,21,26,28H,4-12H2,1-3H3. The number of benzene rings is 1. The summed E-state index contributed by atoms with van der Waals surface area (Å²) in [5, 5.41) is 15.8. The van der Waals surface area contributed by atoms with E-state index in [-0.39, 0.29) is 23.2 Å². The van der Waals surface area contributed by atoms with Gasteiger partial charge in [0.05, 0.1) is 11.8 Å². The molecule has 30 heavy (non-hydrogen) atoms. The number of amides is 1. The van der Waals surface area contributed by atoms with E-state index in [1.807, 2.05) is 17.9 Å². The third kappa shape index (κ3) is 4.82. The predicted molar refractivity (Wildman–Crippen MR) is 121 cm³/mol. The quantitative estimate of drug-likeness (QED) is 0.513. The van der Waals surface area contributed by atoms with Crippen molar-refractivity contribution in [3.8, 4) is 0 Å². The molecule has 1 atom stereocenters. The van der Waals surface area contributed by atoms with Crippen LogP contribution in [0.5, 0.6) is 0 Å². The van der Waals surface area contributed by atoms with Crippen molar-refractivity contribution in [2.45, 2.75) is 52.6 Å². The molecule has 0 aromatic heterocycles. The van der Waals surface area contributed by atoms with E-state index in [1.165, 1.54) is 0 Å². The minimum atomic E-state index is -0.720. The fourth-order valence-corrected chi connectivity index (χ4v) is 5.17. The van der Waals surface area contributed by atoms with Gasteiger partial charge in [0.1, 0.15) is 0 Å². The summed E-state index contributed by atoms with van der Waals surface area (Å²) in [6.07, 6.45) is 2.68. The van der Waals surface area contributed by atoms with Crippen LogP contribution in [-0.2, 0) is 9.53 Å². The SMILES string of the molecule is C=NNc1c(C)cc(Cl)cc1C(O)C(C)(C)C1CCN(C(=O)C2CCOCC2)CC1. The molecule has 2 fully saturated rings. The number of likely N-dealkylation sites (tertiary alicyclic amines) is 1. The summed E-state index contributed by atoms with van der Waals surface area (Å²) in [5.41, 5.74) is 4.93. The van der Waals surface area contributed by atoms with Crippen molar-refractivity contribution in [1.29, 1.82) is 0 Å². The molecule has 1 amide bonds. The van der Waals surface area contributed by atoms with Crippen molar-refractivity contribution in [2.24, 2.45) is 22.4 Å². The van der Waals surface area contributed by atoms with Crippen LogP contribution in [0.25, 0.3) is 0 Å². The topological polar surface area (TPSA) is 74.2 Å². The van der Waals surface area contributed by atoms with Crippen molar-refractivity contribution in [3.63, 3.8) is 0 Å². The maximum atomic E-state index is 12.8. The summed E-state index contributed by atoms with van der Waals surface area (Å²) in [6, 6.07) is 3.65. The van der Waals surface area contributed by atoms with E-state index in [4.69, 9.17) is 16.3 Å². The first-order chi connectivity index (χ1) is 14.3. The van der Waals surface area contributed by atoms with Crippen LogP contribution in [0.2, 0.25) is 5.02 Å². The highest BCUT2D eigenvalue weighted by Crippen LogP contribution is 2.47.